The van der Waals surface area contributed by atoms with Gasteiger partial charge in [0.15, 0.2) is 6.61 Å². The summed E-state index contributed by atoms with van der Waals surface area (Å²) in [6, 6.07) is 6.92. The van der Waals surface area contributed by atoms with Crippen LogP contribution in [-0.2, 0) is 0 Å². The van der Waals surface area contributed by atoms with Gasteiger partial charge in [-0.25, -0.2) is 4.79 Å². The number of nitrogens with zero attached hydrogens (tertiary/aromatic N) is 1. The van der Waals surface area contributed by atoms with Crippen LogP contribution in [0.2, 0.25) is 0 Å². The van der Waals surface area contributed by atoms with Crippen LogP contribution in [0.15, 0.2) is 18.2 Å². The number of nitriles is 1. The highest BCUT2D eigenvalue weighted by atomic mass is 16.5. The normalized spacial score (nSPS) is 10.1. The first-order chi connectivity index (χ1) is 8.13. The second kappa shape index (κ2) is 4.18. The number of aromatic carboxylic acids is 1. The van der Waals surface area contributed by atoms with E-state index in [0.29, 0.717) is 16.8 Å². The van der Waals surface area contributed by atoms with E-state index in [1.54, 1.807) is 25.1 Å². The van der Waals surface area contributed by atoms with Crippen molar-refractivity contribution in [3.05, 3.63) is 29.5 Å². The molecule has 2 N–H and O–H groups in total. The Hall–Kier alpha value is -2.48. The molecular formula is C12H10N2O3. The van der Waals surface area contributed by atoms with Crippen molar-refractivity contribution in [3.8, 4) is 11.8 Å². The van der Waals surface area contributed by atoms with Gasteiger partial charge < -0.3 is 14.8 Å². The third-order valence-electron chi connectivity index (χ3n) is 2.47. The molecule has 5 heteroatoms. The van der Waals surface area contributed by atoms with E-state index >= 15 is 0 Å². The quantitative estimate of drug-likeness (QED) is 0.845. The molecule has 0 saturated carbocycles. The van der Waals surface area contributed by atoms with Gasteiger partial charge in [0.2, 0.25) is 0 Å². The Morgan fingerprint density at radius 3 is 3.00 bits per heavy atom. The molecule has 0 bridgehead atoms. The molecule has 0 aliphatic carbocycles. The SMILES string of the molecule is Cc1[nH]c2ccc(OCC#N)cc2c1C(=O)O. The van der Waals surface area contributed by atoms with E-state index in [9.17, 15) is 4.79 Å². The van der Waals surface area contributed by atoms with Crippen molar-refractivity contribution in [1.82, 2.24) is 4.98 Å². The number of aromatic nitrogens is 1. The number of hydrogen-bond acceptors (Lipinski definition) is 3. The molecule has 0 radical (unpaired) electrons. The molecule has 0 spiro atoms. The number of aromatic amines is 1. The fourth-order valence-corrected chi connectivity index (χ4v) is 1.79. The highest BCUT2D eigenvalue weighted by Crippen LogP contribution is 2.26. The lowest BCUT2D eigenvalue weighted by atomic mass is 10.1. The summed E-state index contributed by atoms with van der Waals surface area (Å²) in [5, 5.41) is 18.1. The molecule has 1 aromatic heterocycles. The molecule has 0 aliphatic rings. The van der Waals surface area contributed by atoms with E-state index in [1.165, 1.54) is 0 Å². The summed E-state index contributed by atoms with van der Waals surface area (Å²) in [6.07, 6.45) is 0. The van der Waals surface area contributed by atoms with Crippen LogP contribution < -0.4 is 4.74 Å². The Morgan fingerprint density at radius 1 is 1.59 bits per heavy atom. The summed E-state index contributed by atoms with van der Waals surface area (Å²) < 4.78 is 5.14. The Balaban J connectivity index is 2.55. The van der Waals surface area contributed by atoms with Gasteiger partial charge in [-0.15, -0.1) is 0 Å². The molecular weight excluding hydrogens is 220 g/mol. The largest absolute Gasteiger partial charge is 0.479 e. The number of carboxylic acid groups (broad SMARTS) is 1. The molecule has 0 saturated heterocycles. The van der Waals surface area contributed by atoms with E-state index in [1.807, 2.05) is 6.07 Å². The third-order valence-corrected chi connectivity index (χ3v) is 2.47. The first-order valence-electron chi connectivity index (χ1n) is 4.99. The second-order valence-corrected chi connectivity index (χ2v) is 3.58. The van der Waals surface area contributed by atoms with E-state index in [2.05, 4.69) is 4.98 Å². The number of nitrogens with one attached hydrogen (secondary N) is 1. The van der Waals surface area contributed by atoms with Crippen molar-refractivity contribution in [2.24, 2.45) is 0 Å². The highest BCUT2D eigenvalue weighted by molar-refractivity contribution is 6.05. The summed E-state index contributed by atoms with van der Waals surface area (Å²) in [6.45, 7) is 1.65. The van der Waals surface area contributed by atoms with E-state index in [-0.39, 0.29) is 12.2 Å². The predicted octanol–water partition coefficient (Wildman–Crippen LogP) is 2.08. The molecule has 2 aromatic rings. The van der Waals surface area contributed by atoms with Crippen LogP contribution in [0, 0.1) is 18.3 Å². The zero-order valence-corrected chi connectivity index (χ0v) is 9.15. The number of benzene rings is 1. The van der Waals surface area contributed by atoms with Crippen LogP contribution >= 0.6 is 0 Å². The molecule has 0 amide bonds. The molecule has 0 atom stereocenters. The van der Waals surface area contributed by atoms with Gasteiger partial charge in [0.1, 0.15) is 11.8 Å². The molecule has 0 unspecified atom stereocenters. The lowest BCUT2D eigenvalue weighted by molar-refractivity contribution is 0.0698. The maximum Gasteiger partial charge on any atom is 0.338 e. The van der Waals surface area contributed by atoms with Gasteiger partial charge in [-0.05, 0) is 25.1 Å². The van der Waals surface area contributed by atoms with Crippen LogP contribution in [0.1, 0.15) is 16.1 Å². The lowest BCUT2D eigenvalue weighted by Gasteiger charge is -2.01. The first kappa shape index (κ1) is 11.0. The maximum absolute atomic E-state index is 11.1. The fraction of sp³-hybridized carbons (Fsp3) is 0.167. The minimum absolute atomic E-state index is 0.0582. The van der Waals surface area contributed by atoms with Crippen molar-refractivity contribution in [2.75, 3.05) is 6.61 Å². The van der Waals surface area contributed by atoms with Crippen LogP contribution in [0.4, 0.5) is 0 Å². The van der Waals surface area contributed by atoms with Crippen molar-refractivity contribution >= 4 is 16.9 Å². The molecule has 1 heterocycles. The van der Waals surface area contributed by atoms with E-state index in [0.717, 1.165) is 5.52 Å². The van der Waals surface area contributed by atoms with Gasteiger partial charge >= 0.3 is 5.97 Å². The monoisotopic (exact) mass is 230 g/mol. The molecule has 0 fully saturated rings. The molecule has 0 aliphatic heterocycles. The second-order valence-electron chi connectivity index (χ2n) is 3.58. The topological polar surface area (TPSA) is 86.1 Å². The first-order valence-corrected chi connectivity index (χ1v) is 4.99. The number of hydrogen-bond donors (Lipinski definition) is 2. The number of aryl methyl sites for hydroxylation is 1. The molecule has 86 valence electrons. The molecule has 5 nitrogen and oxygen atoms in total. The number of carbonyl (C=O) groups is 1. The standard InChI is InChI=1S/C12H10N2O3/c1-7-11(12(15)16)9-6-8(17-5-4-13)2-3-10(9)14-7/h2-3,6,14H,5H2,1H3,(H,15,16). The van der Waals surface area contributed by atoms with Crippen molar-refractivity contribution in [3.63, 3.8) is 0 Å². The highest BCUT2D eigenvalue weighted by Gasteiger charge is 2.15. The predicted molar refractivity (Wildman–Crippen MR) is 61.1 cm³/mol. The van der Waals surface area contributed by atoms with Gasteiger partial charge in [-0.2, -0.15) is 5.26 Å². The molecule has 2 rings (SSSR count). The molecule has 1 aromatic carbocycles. The average Bonchev–Trinajstić information content (AvgIpc) is 2.61. The van der Waals surface area contributed by atoms with Crippen molar-refractivity contribution in [2.45, 2.75) is 6.92 Å². The number of rotatable bonds is 3. The average molecular weight is 230 g/mol. The van der Waals surface area contributed by atoms with Gasteiger partial charge in [0.05, 0.1) is 5.56 Å². The number of carboxylic acids is 1. The number of ether oxygens (including phenoxy) is 1. The van der Waals surface area contributed by atoms with Crippen LogP contribution in [0.5, 0.6) is 5.75 Å². The smallest absolute Gasteiger partial charge is 0.338 e. The lowest BCUT2D eigenvalue weighted by Crippen LogP contribution is -1.97. The van der Waals surface area contributed by atoms with Gasteiger partial charge in [0.25, 0.3) is 0 Å². The summed E-state index contributed by atoms with van der Waals surface area (Å²) in [7, 11) is 0. The Kier molecular flexibility index (Phi) is 2.71. The summed E-state index contributed by atoms with van der Waals surface area (Å²) in [5.41, 5.74) is 1.58. The number of fused-ring (bicyclic) bond motifs is 1. The minimum atomic E-state index is -0.980. The maximum atomic E-state index is 11.1. The van der Waals surface area contributed by atoms with Crippen LogP contribution in [0.3, 0.4) is 0 Å². The zero-order chi connectivity index (χ0) is 12.4. The Labute approximate surface area is 97.2 Å². The fourth-order valence-electron chi connectivity index (χ4n) is 1.79. The third kappa shape index (κ3) is 1.93. The van der Waals surface area contributed by atoms with E-state index < -0.39 is 5.97 Å². The Morgan fingerprint density at radius 2 is 2.35 bits per heavy atom. The van der Waals surface area contributed by atoms with Gasteiger partial charge in [-0.1, -0.05) is 0 Å². The molecule has 17 heavy (non-hydrogen) atoms. The van der Waals surface area contributed by atoms with Crippen LogP contribution in [0.25, 0.3) is 10.9 Å². The van der Waals surface area contributed by atoms with Gasteiger partial charge in [-0.3, -0.25) is 0 Å². The zero-order valence-electron chi connectivity index (χ0n) is 9.15. The van der Waals surface area contributed by atoms with Crippen molar-refractivity contribution in [1.29, 1.82) is 5.26 Å². The van der Waals surface area contributed by atoms with Crippen LogP contribution in [-0.4, -0.2) is 22.7 Å². The summed E-state index contributed by atoms with van der Waals surface area (Å²) in [5.74, 6) is -0.494. The Bertz CT molecular complexity index is 622. The van der Waals surface area contributed by atoms with Crippen molar-refractivity contribution < 1.29 is 14.6 Å². The van der Waals surface area contributed by atoms with E-state index in [4.69, 9.17) is 15.1 Å². The minimum Gasteiger partial charge on any atom is -0.479 e. The number of H-pyrrole nitrogens is 1. The van der Waals surface area contributed by atoms with Gasteiger partial charge in [0, 0.05) is 16.6 Å². The summed E-state index contributed by atoms with van der Waals surface area (Å²) in [4.78, 5) is 14.1. The summed E-state index contributed by atoms with van der Waals surface area (Å²) >= 11 is 0.